The van der Waals surface area contributed by atoms with Crippen LogP contribution in [-0.4, -0.2) is 75.9 Å². The summed E-state index contributed by atoms with van der Waals surface area (Å²) < 4.78 is 18.2. The first kappa shape index (κ1) is 25.4. The van der Waals surface area contributed by atoms with Gasteiger partial charge in [-0.25, -0.2) is 4.98 Å². The summed E-state index contributed by atoms with van der Waals surface area (Å²) in [7, 11) is 3.22. The second-order valence-electron chi connectivity index (χ2n) is 9.50. The van der Waals surface area contributed by atoms with Crippen molar-refractivity contribution in [3.05, 3.63) is 72.4 Å². The van der Waals surface area contributed by atoms with E-state index in [4.69, 9.17) is 14.0 Å². The standard InChI is InChI=1S/C29H29N7O4/c1-19-25(26(33-40-19)20-8-5-4-6-9-20)28(37)35-13-7-12-34(14-15-35)27-22(17-30-29-31-18-32-36(27)29)21-10-11-23(38-2)24(16-21)39-3/h4-6,8-11,16-18H,7,12-15H2,1-3H3. The second kappa shape index (κ2) is 10.7. The molecule has 1 aliphatic heterocycles. The van der Waals surface area contributed by atoms with Crippen molar-refractivity contribution in [2.75, 3.05) is 45.3 Å². The lowest BCUT2D eigenvalue weighted by Crippen LogP contribution is -2.36. The Morgan fingerprint density at radius 1 is 0.925 bits per heavy atom. The van der Waals surface area contributed by atoms with Gasteiger partial charge in [0.2, 0.25) is 0 Å². The SMILES string of the molecule is COc1ccc(-c2cnc3ncnn3c2N2CCCN(C(=O)c3c(-c4ccccc4)noc3C)CC2)cc1OC. The number of fused-ring (bicyclic) bond motifs is 1. The van der Waals surface area contributed by atoms with Gasteiger partial charge in [-0.1, -0.05) is 41.6 Å². The summed E-state index contributed by atoms with van der Waals surface area (Å²) in [5, 5.41) is 8.69. The topological polar surface area (TPSA) is 111 Å². The Balaban J connectivity index is 1.32. The normalized spacial score (nSPS) is 13.9. The number of anilines is 1. The van der Waals surface area contributed by atoms with Crippen molar-refractivity contribution in [3.63, 3.8) is 0 Å². The summed E-state index contributed by atoms with van der Waals surface area (Å²) >= 11 is 0. The summed E-state index contributed by atoms with van der Waals surface area (Å²) in [4.78, 5) is 26.8. The smallest absolute Gasteiger partial charge is 0.259 e. The predicted molar refractivity (Wildman–Crippen MR) is 149 cm³/mol. The Hall–Kier alpha value is -4.93. The minimum Gasteiger partial charge on any atom is -0.493 e. The molecule has 40 heavy (non-hydrogen) atoms. The maximum atomic E-state index is 13.8. The Morgan fingerprint density at radius 2 is 1.75 bits per heavy atom. The van der Waals surface area contributed by atoms with Gasteiger partial charge in [0.1, 0.15) is 29.2 Å². The maximum Gasteiger partial charge on any atom is 0.259 e. The molecule has 1 fully saturated rings. The van der Waals surface area contributed by atoms with E-state index in [1.807, 2.05) is 53.4 Å². The molecular weight excluding hydrogens is 510 g/mol. The summed E-state index contributed by atoms with van der Waals surface area (Å²) in [6.45, 7) is 4.21. The predicted octanol–water partition coefficient (Wildman–Crippen LogP) is 4.12. The van der Waals surface area contributed by atoms with E-state index in [1.54, 1.807) is 31.9 Å². The van der Waals surface area contributed by atoms with Crippen LogP contribution in [0.1, 0.15) is 22.5 Å². The quantitative estimate of drug-likeness (QED) is 0.315. The third-order valence-electron chi connectivity index (χ3n) is 7.18. The summed E-state index contributed by atoms with van der Waals surface area (Å²) in [6.07, 6.45) is 4.07. The zero-order chi connectivity index (χ0) is 27.6. The highest BCUT2D eigenvalue weighted by Gasteiger charge is 2.29. The Bertz CT molecular complexity index is 1660. The lowest BCUT2D eigenvalue weighted by atomic mass is 10.1. The highest BCUT2D eigenvalue weighted by Crippen LogP contribution is 2.37. The van der Waals surface area contributed by atoms with Crippen LogP contribution in [0.3, 0.4) is 0 Å². The third kappa shape index (κ3) is 4.49. The number of amides is 1. The lowest BCUT2D eigenvalue weighted by Gasteiger charge is -2.26. The number of nitrogens with zero attached hydrogens (tertiary/aromatic N) is 7. The van der Waals surface area contributed by atoms with E-state index in [1.165, 1.54) is 6.33 Å². The van der Waals surface area contributed by atoms with Crippen LogP contribution in [0.25, 0.3) is 28.2 Å². The number of methoxy groups -OCH3 is 2. The van der Waals surface area contributed by atoms with Crippen LogP contribution < -0.4 is 14.4 Å². The zero-order valence-corrected chi connectivity index (χ0v) is 22.6. The monoisotopic (exact) mass is 539 g/mol. The molecule has 0 atom stereocenters. The first-order valence-corrected chi connectivity index (χ1v) is 13.1. The molecular formula is C29H29N7O4. The largest absolute Gasteiger partial charge is 0.493 e. The first-order valence-electron chi connectivity index (χ1n) is 13.1. The van der Waals surface area contributed by atoms with E-state index in [0.29, 0.717) is 53.9 Å². The van der Waals surface area contributed by atoms with Gasteiger partial charge < -0.3 is 23.8 Å². The molecule has 2 aromatic carbocycles. The number of aryl methyl sites for hydroxylation is 1. The molecule has 0 N–H and O–H groups in total. The fraction of sp³-hybridized carbons (Fsp3) is 0.276. The molecule has 0 unspecified atom stereocenters. The van der Waals surface area contributed by atoms with Crippen molar-refractivity contribution in [3.8, 4) is 33.9 Å². The number of benzene rings is 2. The van der Waals surface area contributed by atoms with E-state index < -0.39 is 0 Å². The minimum absolute atomic E-state index is 0.0831. The van der Waals surface area contributed by atoms with Crippen LogP contribution in [0, 0.1) is 6.92 Å². The molecule has 5 aromatic rings. The van der Waals surface area contributed by atoms with Crippen LogP contribution in [-0.2, 0) is 0 Å². The Labute approximate surface area is 231 Å². The van der Waals surface area contributed by atoms with Gasteiger partial charge in [0.25, 0.3) is 11.7 Å². The molecule has 0 bridgehead atoms. The number of carbonyl (C=O) groups is 1. The number of ether oxygens (including phenoxy) is 2. The fourth-order valence-electron chi connectivity index (χ4n) is 5.19. The molecule has 1 amide bonds. The summed E-state index contributed by atoms with van der Waals surface area (Å²) in [5.41, 5.74) is 3.71. The minimum atomic E-state index is -0.0831. The molecule has 4 heterocycles. The molecule has 0 aliphatic carbocycles. The molecule has 0 radical (unpaired) electrons. The van der Waals surface area contributed by atoms with E-state index in [9.17, 15) is 4.79 Å². The molecule has 1 saturated heterocycles. The molecule has 1 aliphatic rings. The Kier molecular flexibility index (Phi) is 6.77. The van der Waals surface area contributed by atoms with Gasteiger partial charge >= 0.3 is 0 Å². The second-order valence-corrected chi connectivity index (χ2v) is 9.50. The summed E-state index contributed by atoms with van der Waals surface area (Å²) in [5.74, 6) is 3.06. The number of hydrogen-bond acceptors (Lipinski definition) is 9. The first-order chi connectivity index (χ1) is 19.6. The average molecular weight is 540 g/mol. The van der Waals surface area contributed by atoms with Crippen molar-refractivity contribution in [1.29, 1.82) is 0 Å². The number of rotatable bonds is 6. The molecule has 11 heteroatoms. The van der Waals surface area contributed by atoms with Crippen molar-refractivity contribution in [1.82, 2.24) is 29.6 Å². The maximum absolute atomic E-state index is 13.8. The van der Waals surface area contributed by atoms with Crippen molar-refractivity contribution in [2.45, 2.75) is 13.3 Å². The van der Waals surface area contributed by atoms with E-state index in [2.05, 4.69) is 25.1 Å². The summed E-state index contributed by atoms with van der Waals surface area (Å²) in [6, 6.07) is 15.4. The van der Waals surface area contributed by atoms with Crippen LogP contribution in [0.4, 0.5) is 5.82 Å². The van der Waals surface area contributed by atoms with Crippen LogP contribution in [0.15, 0.2) is 65.6 Å². The van der Waals surface area contributed by atoms with Crippen LogP contribution >= 0.6 is 0 Å². The third-order valence-corrected chi connectivity index (χ3v) is 7.18. The molecule has 11 nitrogen and oxygen atoms in total. The van der Waals surface area contributed by atoms with Gasteiger partial charge in [0.15, 0.2) is 11.5 Å². The van der Waals surface area contributed by atoms with E-state index in [-0.39, 0.29) is 5.91 Å². The molecule has 6 rings (SSSR count). The van der Waals surface area contributed by atoms with E-state index in [0.717, 1.165) is 35.5 Å². The van der Waals surface area contributed by atoms with Gasteiger partial charge in [-0.05, 0) is 31.0 Å². The molecule has 3 aromatic heterocycles. The molecule has 0 saturated carbocycles. The van der Waals surface area contributed by atoms with Gasteiger partial charge in [0, 0.05) is 43.5 Å². The number of aromatic nitrogens is 5. The number of carbonyl (C=O) groups excluding carboxylic acids is 1. The van der Waals surface area contributed by atoms with Crippen molar-refractivity contribution < 1.29 is 18.8 Å². The fourth-order valence-corrected chi connectivity index (χ4v) is 5.19. The highest BCUT2D eigenvalue weighted by molar-refractivity contribution is 6.00. The molecule has 204 valence electrons. The number of hydrogen-bond donors (Lipinski definition) is 0. The average Bonchev–Trinajstić information content (AvgIpc) is 3.55. The Morgan fingerprint density at radius 3 is 2.55 bits per heavy atom. The highest BCUT2D eigenvalue weighted by atomic mass is 16.5. The van der Waals surface area contributed by atoms with Crippen molar-refractivity contribution >= 4 is 17.5 Å². The van der Waals surface area contributed by atoms with Crippen LogP contribution in [0.2, 0.25) is 0 Å². The van der Waals surface area contributed by atoms with Crippen molar-refractivity contribution in [2.24, 2.45) is 0 Å². The van der Waals surface area contributed by atoms with Crippen LogP contribution in [0.5, 0.6) is 11.5 Å². The van der Waals surface area contributed by atoms with Gasteiger partial charge in [-0.2, -0.15) is 14.6 Å². The van der Waals surface area contributed by atoms with Gasteiger partial charge in [-0.15, -0.1) is 0 Å². The van der Waals surface area contributed by atoms with E-state index >= 15 is 0 Å². The van der Waals surface area contributed by atoms with Gasteiger partial charge in [0.05, 0.1) is 14.2 Å². The zero-order valence-electron chi connectivity index (χ0n) is 22.6. The van der Waals surface area contributed by atoms with Gasteiger partial charge in [-0.3, -0.25) is 4.79 Å². The molecule has 0 spiro atoms. The lowest BCUT2D eigenvalue weighted by molar-refractivity contribution is 0.0766.